The zero-order valence-electron chi connectivity index (χ0n) is 10.2. The van der Waals surface area contributed by atoms with Crippen molar-refractivity contribution >= 4 is 46.6 Å². The molecule has 0 aliphatic carbocycles. The van der Waals surface area contributed by atoms with E-state index in [1.54, 1.807) is 4.90 Å². The van der Waals surface area contributed by atoms with Gasteiger partial charge in [-0.2, -0.15) is 0 Å². The van der Waals surface area contributed by atoms with Crippen LogP contribution in [0.1, 0.15) is 11.3 Å². The van der Waals surface area contributed by atoms with E-state index in [9.17, 15) is 9.59 Å². The van der Waals surface area contributed by atoms with Crippen molar-refractivity contribution in [3.05, 3.63) is 21.3 Å². The highest BCUT2D eigenvalue weighted by Crippen LogP contribution is 2.25. The maximum Gasteiger partial charge on any atom is 0.308 e. The second-order valence-corrected chi connectivity index (χ2v) is 7.15. The molecule has 1 unspecified atom stereocenters. The molecular formula is C12H14ClNO3S2. The summed E-state index contributed by atoms with van der Waals surface area (Å²) in [6, 6.07) is 3.81. The van der Waals surface area contributed by atoms with Gasteiger partial charge in [-0.15, -0.1) is 23.1 Å². The smallest absolute Gasteiger partial charge is 0.308 e. The lowest BCUT2D eigenvalue weighted by molar-refractivity contribution is -0.141. The van der Waals surface area contributed by atoms with E-state index in [1.165, 1.54) is 23.1 Å². The van der Waals surface area contributed by atoms with Crippen LogP contribution >= 0.6 is 34.7 Å². The minimum Gasteiger partial charge on any atom is -0.481 e. The van der Waals surface area contributed by atoms with Gasteiger partial charge >= 0.3 is 5.97 Å². The Bertz CT molecular complexity index is 477. The van der Waals surface area contributed by atoms with Crippen LogP contribution in [-0.2, 0) is 15.3 Å². The molecule has 1 aliphatic heterocycles. The number of aliphatic carboxylic acids is 1. The molecule has 1 saturated heterocycles. The van der Waals surface area contributed by atoms with Gasteiger partial charge in [-0.3, -0.25) is 9.59 Å². The van der Waals surface area contributed by atoms with Crippen molar-refractivity contribution in [3.8, 4) is 0 Å². The number of halogens is 1. The first-order valence-electron chi connectivity index (χ1n) is 5.89. The zero-order valence-corrected chi connectivity index (χ0v) is 12.6. The summed E-state index contributed by atoms with van der Waals surface area (Å²) < 4.78 is 0.755. The van der Waals surface area contributed by atoms with Crippen LogP contribution in [0, 0.1) is 5.92 Å². The lowest BCUT2D eigenvalue weighted by atomic mass is 10.1. The van der Waals surface area contributed by atoms with Crippen molar-refractivity contribution in [1.82, 2.24) is 4.90 Å². The highest BCUT2D eigenvalue weighted by atomic mass is 35.5. The maximum atomic E-state index is 11.9. The number of carboxylic acid groups (broad SMARTS) is 1. The molecule has 7 heteroatoms. The number of nitrogens with zero attached hydrogens (tertiary/aromatic N) is 1. The van der Waals surface area contributed by atoms with E-state index in [4.69, 9.17) is 16.7 Å². The predicted octanol–water partition coefficient (Wildman–Crippen LogP) is 2.57. The fraction of sp³-hybridized carbons (Fsp3) is 0.500. The van der Waals surface area contributed by atoms with Crippen LogP contribution in [0.4, 0.5) is 0 Å². The third-order valence-corrected chi connectivity index (χ3v) is 5.37. The molecule has 2 heterocycles. The van der Waals surface area contributed by atoms with Crippen molar-refractivity contribution in [2.75, 3.05) is 18.8 Å². The second kappa shape index (κ2) is 6.63. The van der Waals surface area contributed by atoms with Gasteiger partial charge in [0, 0.05) is 23.7 Å². The number of rotatable bonds is 5. The van der Waals surface area contributed by atoms with Gasteiger partial charge in [0.15, 0.2) is 0 Å². The first kappa shape index (κ1) is 14.7. The lowest BCUT2D eigenvalue weighted by Crippen LogP contribution is -2.31. The summed E-state index contributed by atoms with van der Waals surface area (Å²) in [5, 5.41) is 8.89. The number of hydrogen-bond acceptors (Lipinski definition) is 4. The van der Waals surface area contributed by atoms with Gasteiger partial charge < -0.3 is 10.0 Å². The van der Waals surface area contributed by atoms with Gasteiger partial charge in [0.2, 0.25) is 5.91 Å². The molecule has 1 fully saturated rings. The Hall–Kier alpha value is -0.720. The molecule has 1 amide bonds. The number of carbonyl (C=O) groups is 2. The molecule has 0 bridgehead atoms. The van der Waals surface area contributed by atoms with Crippen molar-refractivity contribution in [2.45, 2.75) is 12.2 Å². The van der Waals surface area contributed by atoms with Crippen LogP contribution in [-0.4, -0.2) is 40.7 Å². The number of amides is 1. The summed E-state index contributed by atoms with van der Waals surface area (Å²) in [6.07, 6.45) is 0.562. The van der Waals surface area contributed by atoms with E-state index >= 15 is 0 Å². The molecular weight excluding hydrogens is 306 g/mol. The summed E-state index contributed by atoms with van der Waals surface area (Å²) in [5.74, 6) is -0.0288. The Morgan fingerprint density at radius 1 is 1.53 bits per heavy atom. The topological polar surface area (TPSA) is 57.6 Å². The molecule has 0 spiro atoms. The first-order valence-corrected chi connectivity index (χ1v) is 8.23. The number of hydrogen-bond donors (Lipinski definition) is 1. The van der Waals surface area contributed by atoms with Crippen LogP contribution in [0.25, 0.3) is 0 Å². The largest absolute Gasteiger partial charge is 0.481 e. The van der Waals surface area contributed by atoms with Gasteiger partial charge in [0.25, 0.3) is 0 Å². The molecule has 0 radical (unpaired) electrons. The Labute approximate surface area is 124 Å². The van der Waals surface area contributed by atoms with Crippen molar-refractivity contribution in [1.29, 1.82) is 0 Å². The van der Waals surface area contributed by atoms with Gasteiger partial charge in [0.05, 0.1) is 16.0 Å². The summed E-state index contributed by atoms with van der Waals surface area (Å²) >= 11 is 8.88. The van der Waals surface area contributed by atoms with Gasteiger partial charge in [0.1, 0.15) is 0 Å². The predicted molar refractivity (Wildman–Crippen MR) is 77.8 cm³/mol. The van der Waals surface area contributed by atoms with Crippen molar-refractivity contribution < 1.29 is 14.7 Å². The second-order valence-electron chi connectivity index (χ2n) is 4.36. The normalized spacial score (nSPS) is 18.8. The number of thiophene rings is 1. The molecule has 2 rings (SSSR count). The Morgan fingerprint density at radius 3 is 2.89 bits per heavy atom. The highest BCUT2D eigenvalue weighted by molar-refractivity contribution is 7.99. The molecule has 0 aromatic carbocycles. The molecule has 1 aliphatic rings. The molecule has 1 aromatic rings. The molecule has 1 atom stereocenters. The molecule has 19 heavy (non-hydrogen) atoms. The van der Waals surface area contributed by atoms with E-state index in [0.29, 0.717) is 25.3 Å². The summed E-state index contributed by atoms with van der Waals surface area (Å²) in [7, 11) is 0. The third kappa shape index (κ3) is 4.12. The van der Waals surface area contributed by atoms with Gasteiger partial charge in [-0.25, -0.2) is 0 Å². The fourth-order valence-corrected chi connectivity index (χ4v) is 4.07. The van der Waals surface area contributed by atoms with Gasteiger partial charge in [-0.05, 0) is 18.6 Å². The van der Waals surface area contributed by atoms with Crippen LogP contribution in [0.2, 0.25) is 4.34 Å². The van der Waals surface area contributed by atoms with Crippen LogP contribution in [0.5, 0.6) is 0 Å². The monoisotopic (exact) mass is 319 g/mol. The van der Waals surface area contributed by atoms with E-state index in [2.05, 4.69) is 0 Å². The van der Waals surface area contributed by atoms with Crippen LogP contribution in [0.3, 0.4) is 0 Å². The average molecular weight is 320 g/mol. The quantitative estimate of drug-likeness (QED) is 0.906. The van der Waals surface area contributed by atoms with Crippen molar-refractivity contribution in [3.63, 3.8) is 0 Å². The minimum atomic E-state index is -0.809. The van der Waals surface area contributed by atoms with Crippen LogP contribution in [0.15, 0.2) is 12.1 Å². The van der Waals surface area contributed by atoms with E-state index in [-0.39, 0.29) is 5.91 Å². The van der Waals surface area contributed by atoms with E-state index < -0.39 is 11.9 Å². The fourth-order valence-electron chi connectivity index (χ4n) is 1.95. The maximum absolute atomic E-state index is 11.9. The highest BCUT2D eigenvalue weighted by Gasteiger charge is 2.30. The Kier molecular flexibility index (Phi) is 5.13. The third-order valence-electron chi connectivity index (χ3n) is 2.99. The molecule has 104 valence electrons. The first-order chi connectivity index (χ1) is 9.06. The molecule has 4 nitrogen and oxygen atoms in total. The van der Waals surface area contributed by atoms with Crippen LogP contribution < -0.4 is 0 Å². The van der Waals surface area contributed by atoms with Gasteiger partial charge in [-0.1, -0.05) is 11.6 Å². The number of carboxylic acids is 1. The standard InChI is InChI=1S/C12H14ClNO3S2/c13-10-2-1-9(19-10)6-18-7-11(15)14-4-3-8(5-14)12(16)17/h1-2,8H,3-7H2,(H,16,17). The number of carbonyl (C=O) groups excluding carboxylic acids is 1. The zero-order chi connectivity index (χ0) is 13.8. The lowest BCUT2D eigenvalue weighted by Gasteiger charge is -2.15. The average Bonchev–Trinajstić information content (AvgIpc) is 2.98. The molecule has 0 saturated carbocycles. The number of likely N-dealkylation sites (tertiary alicyclic amines) is 1. The molecule has 1 aromatic heterocycles. The number of thioether (sulfide) groups is 1. The summed E-state index contributed by atoms with van der Waals surface area (Å²) in [5.41, 5.74) is 0. The summed E-state index contributed by atoms with van der Waals surface area (Å²) in [4.78, 5) is 25.5. The SMILES string of the molecule is O=C(O)C1CCN(C(=O)CSCc2ccc(Cl)s2)C1. The van der Waals surface area contributed by atoms with E-state index in [1.807, 2.05) is 12.1 Å². The van der Waals surface area contributed by atoms with Crippen molar-refractivity contribution in [2.24, 2.45) is 5.92 Å². The Morgan fingerprint density at radius 2 is 2.32 bits per heavy atom. The van der Waals surface area contributed by atoms with E-state index in [0.717, 1.165) is 15.0 Å². The Balaban J connectivity index is 1.72. The molecule has 1 N–H and O–H groups in total. The summed E-state index contributed by atoms with van der Waals surface area (Å²) in [6.45, 7) is 0.904. The minimum absolute atomic E-state index is 0.0244.